The van der Waals surface area contributed by atoms with Gasteiger partial charge in [0.15, 0.2) is 11.5 Å². The zero-order valence-corrected chi connectivity index (χ0v) is 14.9. The van der Waals surface area contributed by atoms with E-state index in [-0.39, 0.29) is 5.91 Å². The Morgan fingerprint density at radius 1 is 0.923 bits per heavy atom. The molecule has 4 heteroatoms. The molecular formula is C22H23NO3. The number of para-hydroxylation sites is 2. The van der Waals surface area contributed by atoms with Crippen LogP contribution in [0.4, 0.5) is 0 Å². The van der Waals surface area contributed by atoms with Gasteiger partial charge in [0.2, 0.25) is 5.91 Å². The molecule has 0 aliphatic heterocycles. The predicted molar refractivity (Wildman–Crippen MR) is 104 cm³/mol. The van der Waals surface area contributed by atoms with Gasteiger partial charge in [-0.1, -0.05) is 54.6 Å². The van der Waals surface area contributed by atoms with E-state index in [0.717, 1.165) is 6.42 Å². The fourth-order valence-electron chi connectivity index (χ4n) is 2.94. The minimum atomic E-state index is 0.0292. The maximum absolute atomic E-state index is 12.1. The van der Waals surface area contributed by atoms with Gasteiger partial charge < -0.3 is 14.8 Å². The molecule has 0 unspecified atom stereocenters. The summed E-state index contributed by atoms with van der Waals surface area (Å²) < 4.78 is 10.9. The van der Waals surface area contributed by atoms with E-state index in [2.05, 4.69) is 29.6 Å². The van der Waals surface area contributed by atoms with Gasteiger partial charge in [-0.2, -0.15) is 0 Å². The Balaban J connectivity index is 1.44. The largest absolute Gasteiger partial charge is 0.493 e. The molecule has 0 bridgehead atoms. The van der Waals surface area contributed by atoms with Crippen molar-refractivity contribution in [2.24, 2.45) is 0 Å². The summed E-state index contributed by atoms with van der Waals surface area (Å²) in [7, 11) is 1.61. The molecule has 3 aromatic rings. The highest BCUT2D eigenvalue weighted by molar-refractivity contribution is 5.86. The quantitative estimate of drug-likeness (QED) is 0.626. The van der Waals surface area contributed by atoms with E-state index in [9.17, 15) is 4.79 Å². The van der Waals surface area contributed by atoms with Crippen LogP contribution in [0.5, 0.6) is 11.5 Å². The van der Waals surface area contributed by atoms with Crippen molar-refractivity contribution < 1.29 is 14.3 Å². The SMILES string of the molecule is COc1ccccc1OCCNC(=O)CCc1cccc2ccccc12. The highest BCUT2D eigenvalue weighted by Gasteiger charge is 2.06. The highest BCUT2D eigenvalue weighted by atomic mass is 16.5. The maximum Gasteiger partial charge on any atom is 0.220 e. The van der Waals surface area contributed by atoms with Gasteiger partial charge in [-0.3, -0.25) is 4.79 Å². The molecule has 0 spiro atoms. The summed E-state index contributed by atoms with van der Waals surface area (Å²) in [6.07, 6.45) is 1.18. The minimum absolute atomic E-state index is 0.0292. The van der Waals surface area contributed by atoms with E-state index in [1.54, 1.807) is 7.11 Å². The molecule has 134 valence electrons. The first-order valence-electron chi connectivity index (χ1n) is 8.77. The number of fused-ring (bicyclic) bond motifs is 1. The Bertz CT molecular complexity index is 871. The molecule has 0 atom stereocenters. The number of hydrogen-bond donors (Lipinski definition) is 1. The number of nitrogens with one attached hydrogen (secondary N) is 1. The Morgan fingerprint density at radius 2 is 1.65 bits per heavy atom. The van der Waals surface area contributed by atoms with Crippen molar-refractivity contribution in [1.82, 2.24) is 5.32 Å². The fraction of sp³-hybridized carbons (Fsp3) is 0.227. The third-order valence-corrected chi connectivity index (χ3v) is 4.25. The van der Waals surface area contributed by atoms with Crippen LogP contribution in [0.2, 0.25) is 0 Å². The number of amides is 1. The molecule has 4 nitrogen and oxygen atoms in total. The van der Waals surface area contributed by atoms with Crippen LogP contribution >= 0.6 is 0 Å². The molecule has 0 fully saturated rings. The van der Waals surface area contributed by atoms with Crippen LogP contribution in [0.25, 0.3) is 10.8 Å². The normalized spacial score (nSPS) is 10.5. The van der Waals surface area contributed by atoms with Crippen molar-refractivity contribution >= 4 is 16.7 Å². The number of ether oxygens (including phenoxy) is 2. The highest BCUT2D eigenvalue weighted by Crippen LogP contribution is 2.25. The van der Waals surface area contributed by atoms with Gasteiger partial charge in [-0.15, -0.1) is 0 Å². The van der Waals surface area contributed by atoms with Gasteiger partial charge in [-0.25, -0.2) is 0 Å². The van der Waals surface area contributed by atoms with Gasteiger partial charge in [0.1, 0.15) is 6.61 Å². The lowest BCUT2D eigenvalue weighted by Crippen LogP contribution is -2.28. The summed E-state index contributed by atoms with van der Waals surface area (Å²) in [4.78, 5) is 12.1. The van der Waals surface area contributed by atoms with Crippen molar-refractivity contribution in [2.45, 2.75) is 12.8 Å². The van der Waals surface area contributed by atoms with Crippen molar-refractivity contribution in [3.05, 3.63) is 72.3 Å². The molecule has 3 aromatic carbocycles. The molecule has 0 aromatic heterocycles. The number of carbonyl (C=O) groups is 1. The zero-order valence-electron chi connectivity index (χ0n) is 14.9. The number of methoxy groups -OCH3 is 1. The lowest BCUT2D eigenvalue weighted by molar-refractivity contribution is -0.121. The van der Waals surface area contributed by atoms with Gasteiger partial charge in [0.05, 0.1) is 13.7 Å². The van der Waals surface area contributed by atoms with Crippen LogP contribution < -0.4 is 14.8 Å². The first-order chi connectivity index (χ1) is 12.8. The Kier molecular flexibility index (Phi) is 6.09. The summed E-state index contributed by atoms with van der Waals surface area (Å²) in [6, 6.07) is 21.9. The average Bonchev–Trinajstić information content (AvgIpc) is 2.70. The minimum Gasteiger partial charge on any atom is -0.493 e. The molecule has 1 N–H and O–H groups in total. The number of aryl methyl sites for hydroxylation is 1. The second-order valence-corrected chi connectivity index (χ2v) is 5.99. The standard InChI is InChI=1S/C22H23NO3/c1-25-20-11-4-5-12-21(20)26-16-15-23-22(24)14-13-18-9-6-8-17-7-2-3-10-19(17)18/h2-12H,13-16H2,1H3,(H,23,24). The summed E-state index contributed by atoms with van der Waals surface area (Å²) in [6.45, 7) is 0.868. The van der Waals surface area contributed by atoms with Crippen molar-refractivity contribution in [1.29, 1.82) is 0 Å². The molecule has 1 amide bonds. The third-order valence-electron chi connectivity index (χ3n) is 4.25. The molecule has 26 heavy (non-hydrogen) atoms. The summed E-state index contributed by atoms with van der Waals surface area (Å²) >= 11 is 0. The number of carbonyl (C=O) groups excluding carboxylic acids is 1. The van der Waals surface area contributed by atoms with E-state index in [0.29, 0.717) is 31.1 Å². The van der Waals surface area contributed by atoms with Crippen LogP contribution in [0.3, 0.4) is 0 Å². The van der Waals surface area contributed by atoms with Gasteiger partial charge in [0, 0.05) is 6.42 Å². The van der Waals surface area contributed by atoms with E-state index in [1.165, 1.54) is 16.3 Å². The molecule has 0 aliphatic carbocycles. The number of rotatable bonds is 8. The average molecular weight is 349 g/mol. The van der Waals surface area contributed by atoms with E-state index >= 15 is 0 Å². The Labute approximate surface area is 153 Å². The maximum atomic E-state index is 12.1. The summed E-state index contributed by atoms with van der Waals surface area (Å²) in [5.74, 6) is 1.40. The van der Waals surface area contributed by atoms with Crippen LogP contribution in [0.1, 0.15) is 12.0 Å². The molecule has 3 rings (SSSR count). The zero-order chi connectivity index (χ0) is 18.2. The third kappa shape index (κ3) is 4.54. The van der Waals surface area contributed by atoms with Crippen molar-refractivity contribution in [3.63, 3.8) is 0 Å². The monoisotopic (exact) mass is 349 g/mol. The molecule has 0 radical (unpaired) electrons. The lowest BCUT2D eigenvalue weighted by atomic mass is 10.0. The molecule has 0 saturated carbocycles. The van der Waals surface area contributed by atoms with Gasteiger partial charge in [0.25, 0.3) is 0 Å². The smallest absolute Gasteiger partial charge is 0.220 e. The van der Waals surface area contributed by atoms with Crippen LogP contribution in [-0.2, 0) is 11.2 Å². The van der Waals surface area contributed by atoms with Gasteiger partial charge in [-0.05, 0) is 34.9 Å². The van der Waals surface area contributed by atoms with Crippen LogP contribution in [-0.4, -0.2) is 26.2 Å². The molecule has 0 heterocycles. The van der Waals surface area contributed by atoms with Crippen molar-refractivity contribution in [3.8, 4) is 11.5 Å². The van der Waals surface area contributed by atoms with Crippen molar-refractivity contribution in [2.75, 3.05) is 20.3 Å². The molecule has 0 saturated heterocycles. The van der Waals surface area contributed by atoms with E-state index in [4.69, 9.17) is 9.47 Å². The number of hydrogen-bond acceptors (Lipinski definition) is 3. The predicted octanol–water partition coefficient (Wildman–Crippen LogP) is 3.98. The first kappa shape index (κ1) is 17.8. The lowest BCUT2D eigenvalue weighted by Gasteiger charge is -2.11. The second kappa shape index (κ2) is 8.90. The molecular weight excluding hydrogens is 326 g/mol. The molecule has 0 aliphatic rings. The van der Waals surface area contributed by atoms with E-state index in [1.807, 2.05) is 42.5 Å². The fourth-order valence-corrected chi connectivity index (χ4v) is 2.94. The Morgan fingerprint density at radius 3 is 2.50 bits per heavy atom. The van der Waals surface area contributed by atoms with Gasteiger partial charge >= 0.3 is 0 Å². The first-order valence-corrected chi connectivity index (χ1v) is 8.77. The summed E-state index contributed by atoms with van der Waals surface area (Å²) in [5.41, 5.74) is 1.20. The second-order valence-electron chi connectivity index (χ2n) is 5.99. The Hall–Kier alpha value is -3.01. The van der Waals surface area contributed by atoms with E-state index < -0.39 is 0 Å². The van der Waals surface area contributed by atoms with Crippen LogP contribution in [0.15, 0.2) is 66.7 Å². The summed E-state index contributed by atoms with van der Waals surface area (Å²) in [5, 5.41) is 5.32. The van der Waals surface area contributed by atoms with Crippen LogP contribution in [0, 0.1) is 0 Å². The number of benzene rings is 3. The topological polar surface area (TPSA) is 47.6 Å².